The lowest BCUT2D eigenvalue weighted by Crippen LogP contribution is -2.03. The molecule has 0 radical (unpaired) electrons. The number of aromatic nitrogens is 2. The molecule has 0 saturated carbocycles. The van der Waals surface area contributed by atoms with Crippen molar-refractivity contribution in [1.29, 1.82) is 0 Å². The van der Waals surface area contributed by atoms with Crippen LogP contribution in [-0.4, -0.2) is 28.4 Å². The average molecular weight is 290 g/mol. The largest absolute Gasteiger partial charge is 0.314 e. The number of carbonyl (C=O) groups excluding carboxylic acids is 1. The Balaban J connectivity index is 2.02. The summed E-state index contributed by atoms with van der Waals surface area (Å²) < 4.78 is 7.10. The highest BCUT2D eigenvalue weighted by Crippen LogP contribution is 2.18. The zero-order valence-electron chi connectivity index (χ0n) is 11.7. The van der Waals surface area contributed by atoms with Gasteiger partial charge in [0.1, 0.15) is 5.78 Å². The first kappa shape index (κ1) is 14.8. The van der Waals surface area contributed by atoms with Gasteiger partial charge in [-0.3, -0.25) is 9.48 Å². The average Bonchev–Trinajstić information content (AvgIpc) is 2.88. The van der Waals surface area contributed by atoms with E-state index in [9.17, 15) is 4.79 Å². The molecular formula is C15H18N2O2S. The Hall–Kier alpha value is -1.59. The zero-order chi connectivity index (χ0) is 14.4. The Morgan fingerprint density at radius 1 is 1.30 bits per heavy atom. The molecule has 0 spiro atoms. The highest BCUT2D eigenvalue weighted by molar-refractivity contribution is 7.93. The third-order valence-corrected chi connectivity index (χ3v) is 3.27. The van der Waals surface area contributed by atoms with Crippen LogP contribution in [0.4, 0.5) is 0 Å². The standard InChI is InChI=1S/C15H18N2O2S/c1-12(18)11-13-3-5-14(6-4-13)15-7-8-17(16-15)9-10-19-20-2/h3-8H,9-11H2,1-2H3. The predicted octanol–water partition coefficient (Wildman–Crippen LogP) is 2.98. The molecule has 20 heavy (non-hydrogen) atoms. The van der Waals surface area contributed by atoms with Gasteiger partial charge in [-0.2, -0.15) is 5.10 Å². The van der Waals surface area contributed by atoms with Gasteiger partial charge in [0.25, 0.3) is 0 Å². The van der Waals surface area contributed by atoms with Gasteiger partial charge in [0.05, 0.1) is 18.8 Å². The van der Waals surface area contributed by atoms with Crippen LogP contribution in [-0.2, 0) is 21.9 Å². The fourth-order valence-electron chi connectivity index (χ4n) is 1.94. The molecule has 1 heterocycles. The van der Waals surface area contributed by atoms with Crippen LogP contribution in [0.15, 0.2) is 36.5 Å². The molecule has 5 heteroatoms. The second-order valence-electron chi connectivity index (χ2n) is 4.53. The lowest BCUT2D eigenvalue weighted by molar-refractivity contribution is -0.116. The maximum atomic E-state index is 11.1. The smallest absolute Gasteiger partial charge is 0.134 e. The SMILES string of the molecule is CSOCCn1ccc(-c2ccc(CC(C)=O)cc2)n1. The van der Waals surface area contributed by atoms with Gasteiger partial charge in [-0.1, -0.05) is 24.3 Å². The molecule has 0 fully saturated rings. The van der Waals surface area contributed by atoms with E-state index in [-0.39, 0.29) is 5.78 Å². The molecule has 0 unspecified atom stereocenters. The molecule has 0 aliphatic rings. The lowest BCUT2D eigenvalue weighted by atomic mass is 10.1. The Labute approximate surface area is 123 Å². The van der Waals surface area contributed by atoms with Crippen molar-refractivity contribution < 1.29 is 8.98 Å². The molecule has 1 aromatic carbocycles. The van der Waals surface area contributed by atoms with Gasteiger partial charge in [-0.15, -0.1) is 0 Å². The van der Waals surface area contributed by atoms with Gasteiger partial charge in [-0.25, -0.2) is 0 Å². The van der Waals surface area contributed by atoms with E-state index in [0.29, 0.717) is 13.0 Å². The molecule has 1 aromatic heterocycles. The van der Waals surface area contributed by atoms with Gasteiger partial charge < -0.3 is 4.18 Å². The van der Waals surface area contributed by atoms with Crippen molar-refractivity contribution >= 4 is 17.8 Å². The molecule has 4 nitrogen and oxygen atoms in total. The maximum absolute atomic E-state index is 11.1. The number of rotatable bonds is 7. The number of benzene rings is 1. The highest BCUT2D eigenvalue weighted by Gasteiger charge is 2.03. The Morgan fingerprint density at radius 2 is 2.05 bits per heavy atom. The van der Waals surface area contributed by atoms with Crippen molar-refractivity contribution in [2.75, 3.05) is 12.9 Å². The molecular weight excluding hydrogens is 272 g/mol. The number of hydrogen-bond acceptors (Lipinski definition) is 4. The summed E-state index contributed by atoms with van der Waals surface area (Å²) in [7, 11) is 0. The van der Waals surface area contributed by atoms with Crippen LogP contribution in [0.2, 0.25) is 0 Å². The molecule has 0 aliphatic heterocycles. The van der Waals surface area contributed by atoms with Crippen molar-refractivity contribution in [3.63, 3.8) is 0 Å². The molecule has 2 aromatic rings. The number of Topliss-reactive ketones (excluding diaryl/α,β-unsaturated/α-hetero) is 1. The summed E-state index contributed by atoms with van der Waals surface area (Å²) in [5.74, 6) is 0.177. The van der Waals surface area contributed by atoms with E-state index in [0.717, 1.165) is 23.4 Å². The predicted molar refractivity (Wildman–Crippen MR) is 81.5 cm³/mol. The van der Waals surface area contributed by atoms with Gasteiger partial charge in [0, 0.05) is 24.4 Å². The van der Waals surface area contributed by atoms with E-state index in [1.807, 2.05) is 47.5 Å². The number of hydrogen-bond donors (Lipinski definition) is 0. The minimum atomic E-state index is 0.177. The van der Waals surface area contributed by atoms with E-state index in [1.165, 1.54) is 12.0 Å². The Bertz CT molecular complexity index is 564. The van der Waals surface area contributed by atoms with Crippen molar-refractivity contribution in [3.8, 4) is 11.3 Å². The molecule has 0 amide bonds. The quantitative estimate of drug-likeness (QED) is 0.581. The normalized spacial score (nSPS) is 10.7. The summed E-state index contributed by atoms with van der Waals surface area (Å²) in [6.45, 7) is 2.98. The zero-order valence-corrected chi connectivity index (χ0v) is 12.5. The van der Waals surface area contributed by atoms with Gasteiger partial charge in [0.15, 0.2) is 0 Å². The molecule has 0 aliphatic carbocycles. The first-order chi connectivity index (χ1) is 9.69. The second kappa shape index (κ2) is 7.26. The fraction of sp³-hybridized carbons (Fsp3) is 0.333. The summed E-state index contributed by atoms with van der Waals surface area (Å²) in [6, 6.07) is 9.95. The summed E-state index contributed by atoms with van der Waals surface area (Å²) in [5.41, 5.74) is 3.03. The van der Waals surface area contributed by atoms with Gasteiger partial charge in [-0.05, 0) is 30.6 Å². The molecule has 0 saturated heterocycles. The molecule has 2 rings (SSSR count). The minimum Gasteiger partial charge on any atom is -0.314 e. The van der Waals surface area contributed by atoms with Crippen molar-refractivity contribution in [3.05, 3.63) is 42.1 Å². The van der Waals surface area contributed by atoms with Crippen LogP contribution in [0.3, 0.4) is 0 Å². The van der Waals surface area contributed by atoms with Crippen LogP contribution in [0, 0.1) is 0 Å². The van der Waals surface area contributed by atoms with Crippen LogP contribution in [0.25, 0.3) is 11.3 Å². The van der Waals surface area contributed by atoms with Crippen molar-refractivity contribution in [2.24, 2.45) is 0 Å². The third-order valence-electron chi connectivity index (χ3n) is 2.87. The molecule has 0 N–H and O–H groups in total. The van der Waals surface area contributed by atoms with Crippen LogP contribution >= 0.6 is 12.0 Å². The van der Waals surface area contributed by atoms with Crippen LogP contribution in [0.5, 0.6) is 0 Å². The summed E-state index contributed by atoms with van der Waals surface area (Å²) in [5, 5.41) is 4.50. The number of carbonyl (C=O) groups is 1. The van der Waals surface area contributed by atoms with E-state index in [2.05, 4.69) is 5.10 Å². The van der Waals surface area contributed by atoms with E-state index >= 15 is 0 Å². The Kier molecular flexibility index (Phi) is 5.38. The van der Waals surface area contributed by atoms with Crippen LogP contribution < -0.4 is 0 Å². The fourth-order valence-corrected chi connectivity index (χ4v) is 2.18. The number of ketones is 1. The van der Waals surface area contributed by atoms with Gasteiger partial charge in [0.2, 0.25) is 0 Å². The van der Waals surface area contributed by atoms with Crippen molar-refractivity contribution in [2.45, 2.75) is 19.9 Å². The minimum absolute atomic E-state index is 0.177. The first-order valence-electron chi connectivity index (χ1n) is 6.47. The van der Waals surface area contributed by atoms with E-state index in [4.69, 9.17) is 4.18 Å². The monoisotopic (exact) mass is 290 g/mol. The second-order valence-corrected chi connectivity index (χ2v) is 5.10. The van der Waals surface area contributed by atoms with Crippen molar-refractivity contribution in [1.82, 2.24) is 9.78 Å². The summed E-state index contributed by atoms with van der Waals surface area (Å²) in [6.07, 6.45) is 4.33. The topological polar surface area (TPSA) is 44.1 Å². The highest BCUT2D eigenvalue weighted by atomic mass is 32.2. The van der Waals surface area contributed by atoms with Crippen LogP contribution in [0.1, 0.15) is 12.5 Å². The Morgan fingerprint density at radius 3 is 2.70 bits per heavy atom. The summed E-state index contributed by atoms with van der Waals surface area (Å²) in [4.78, 5) is 11.1. The van der Waals surface area contributed by atoms with E-state index in [1.54, 1.807) is 6.92 Å². The van der Waals surface area contributed by atoms with Gasteiger partial charge >= 0.3 is 0 Å². The number of nitrogens with zero attached hydrogens (tertiary/aromatic N) is 2. The summed E-state index contributed by atoms with van der Waals surface area (Å²) >= 11 is 1.36. The third kappa shape index (κ3) is 4.21. The van der Waals surface area contributed by atoms with E-state index < -0.39 is 0 Å². The lowest BCUT2D eigenvalue weighted by Gasteiger charge is -2.02. The molecule has 106 valence electrons. The molecule has 0 atom stereocenters. The first-order valence-corrected chi connectivity index (χ1v) is 7.62. The maximum Gasteiger partial charge on any atom is 0.134 e. The molecule has 0 bridgehead atoms.